The maximum Gasteiger partial charge on any atom is 0.303 e. The van der Waals surface area contributed by atoms with Crippen molar-refractivity contribution in [1.82, 2.24) is 0 Å². The number of aliphatic carboxylic acids is 1. The van der Waals surface area contributed by atoms with Gasteiger partial charge in [0.15, 0.2) is 0 Å². The normalized spacial score (nSPS) is 29.5. The van der Waals surface area contributed by atoms with E-state index in [2.05, 4.69) is 36.1 Å². The van der Waals surface area contributed by atoms with Gasteiger partial charge in [-0.1, -0.05) is 12.1 Å². The van der Waals surface area contributed by atoms with E-state index < -0.39 is 5.97 Å². The number of rotatable bonds is 3. The minimum Gasteiger partial charge on any atom is -0.481 e. The van der Waals surface area contributed by atoms with Crippen LogP contribution >= 0.6 is 0 Å². The molecule has 2 bridgehead atoms. The Morgan fingerprint density at radius 2 is 2.00 bits per heavy atom. The molecule has 2 heterocycles. The van der Waals surface area contributed by atoms with Crippen LogP contribution in [0.2, 0.25) is 0 Å². The Kier molecular flexibility index (Phi) is 3.21. The van der Waals surface area contributed by atoms with Gasteiger partial charge in [0.1, 0.15) is 0 Å². The van der Waals surface area contributed by atoms with Crippen molar-refractivity contribution in [3.05, 3.63) is 29.8 Å². The summed E-state index contributed by atoms with van der Waals surface area (Å²) in [5.74, 6) is -0.274. The molecule has 2 saturated heterocycles. The summed E-state index contributed by atoms with van der Waals surface area (Å²) in [6, 6.07) is 9.78. The Balaban J connectivity index is 1.78. The maximum atomic E-state index is 10.9. The van der Waals surface area contributed by atoms with E-state index in [0.29, 0.717) is 24.4 Å². The van der Waals surface area contributed by atoms with Crippen LogP contribution in [0.3, 0.4) is 0 Å². The highest BCUT2D eigenvalue weighted by Crippen LogP contribution is 2.42. The maximum absolute atomic E-state index is 10.9. The Labute approximate surface area is 114 Å². The number of anilines is 1. The van der Waals surface area contributed by atoms with Gasteiger partial charge in [0, 0.05) is 24.2 Å². The van der Waals surface area contributed by atoms with Crippen molar-refractivity contribution in [3.8, 4) is 0 Å². The van der Waals surface area contributed by atoms with Crippen LogP contribution in [0.5, 0.6) is 0 Å². The molecule has 2 atom stereocenters. The van der Waals surface area contributed by atoms with Gasteiger partial charge in [-0.25, -0.2) is 0 Å². The summed E-state index contributed by atoms with van der Waals surface area (Å²) in [4.78, 5) is 13.4. The second-order valence-electron chi connectivity index (χ2n) is 6.07. The summed E-state index contributed by atoms with van der Waals surface area (Å²) in [5, 5.41) is 8.96. The van der Waals surface area contributed by atoms with Crippen molar-refractivity contribution in [1.29, 1.82) is 0 Å². The van der Waals surface area contributed by atoms with Crippen molar-refractivity contribution < 1.29 is 9.90 Å². The average Bonchev–Trinajstić information content (AvgIpc) is 2.61. The van der Waals surface area contributed by atoms with Crippen LogP contribution in [-0.2, 0) is 4.79 Å². The molecule has 102 valence electrons. The van der Waals surface area contributed by atoms with Crippen molar-refractivity contribution in [2.24, 2.45) is 5.92 Å². The first-order valence-electron chi connectivity index (χ1n) is 7.20. The van der Waals surface area contributed by atoms with Gasteiger partial charge in [0.2, 0.25) is 0 Å². The highest BCUT2D eigenvalue weighted by molar-refractivity contribution is 5.67. The molecule has 2 fully saturated rings. The third-order valence-electron chi connectivity index (χ3n) is 4.59. The number of hydrogen-bond acceptors (Lipinski definition) is 2. The van der Waals surface area contributed by atoms with E-state index >= 15 is 0 Å². The van der Waals surface area contributed by atoms with E-state index in [9.17, 15) is 4.79 Å². The largest absolute Gasteiger partial charge is 0.481 e. The lowest BCUT2D eigenvalue weighted by atomic mass is 9.88. The summed E-state index contributed by atoms with van der Waals surface area (Å²) >= 11 is 0. The number of aryl methyl sites for hydroxylation is 1. The summed E-state index contributed by atoms with van der Waals surface area (Å²) in [6.45, 7) is 2.13. The third kappa shape index (κ3) is 2.46. The summed E-state index contributed by atoms with van der Waals surface area (Å²) in [5.41, 5.74) is 2.62. The number of carboxylic acid groups (broad SMARTS) is 1. The van der Waals surface area contributed by atoms with Gasteiger partial charge in [0.25, 0.3) is 0 Å². The standard InChI is InChI=1S/C16H21NO2/c1-11-3-2-4-13(7-11)17-14-5-6-15(17)9-12(8-14)10-16(18)19/h2-4,7,12,14-15H,5-6,8-10H2,1H3,(H,18,19). The van der Waals surface area contributed by atoms with E-state index in [4.69, 9.17) is 5.11 Å². The molecule has 2 unspecified atom stereocenters. The SMILES string of the molecule is Cc1cccc(N2C3CCC2CC(CC(=O)O)C3)c1. The lowest BCUT2D eigenvalue weighted by Crippen LogP contribution is -2.43. The zero-order chi connectivity index (χ0) is 13.4. The molecule has 0 aromatic heterocycles. The fourth-order valence-electron chi connectivity index (χ4n) is 3.91. The van der Waals surface area contributed by atoms with Crippen LogP contribution in [0.25, 0.3) is 0 Å². The number of carboxylic acids is 1. The van der Waals surface area contributed by atoms with Gasteiger partial charge in [-0.15, -0.1) is 0 Å². The van der Waals surface area contributed by atoms with E-state index in [1.165, 1.54) is 24.1 Å². The first-order chi connectivity index (χ1) is 9.13. The number of carbonyl (C=O) groups is 1. The zero-order valence-corrected chi connectivity index (χ0v) is 11.4. The van der Waals surface area contributed by atoms with Crippen LogP contribution in [0.4, 0.5) is 5.69 Å². The third-order valence-corrected chi connectivity index (χ3v) is 4.59. The van der Waals surface area contributed by atoms with Crippen LogP contribution in [-0.4, -0.2) is 23.2 Å². The zero-order valence-electron chi connectivity index (χ0n) is 11.4. The number of fused-ring (bicyclic) bond motifs is 2. The van der Waals surface area contributed by atoms with Gasteiger partial charge >= 0.3 is 5.97 Å². The summed E-state index contributed by atoms with van der Waals surface area (Å²) < 4.78 is 0. The van der Waals surface area contributed by atoms with E-state index in [-0.39, 0.29) is 0 Å². The molecule has 2 aliphatic heterocycles. The minimum absolute atomic E-state index is 0.342. The molecule has 3 heteroatoms. The molecule has 0 aliphatic carbocycles. The van der Waals surface area contributed by atoms with E-state index in [0.717, 1.165) is 12.8 Å². The minimum atomic E-state index is -0.645. The Morgan fingerprint density at radius 1 is 1.32 bits per heavy atom. The van der Waals surface area contributed by atoms with Gasteiger partial charge in [-0.3, -0.25) is 4.79 Å². The van der Waals surface area contributed by atoms with Crippen molar-refractivity contribution in [3.63, 3.8) is 0 Å². The molecule has 1 aromatic rings. The van der Waals surface area contributed by atoms with Crippen molar-refractivity contribution in [2.75, 3.05) is 4.90 Å². The Morgan fingerprint density at radius 3 is 2.58 bits per heavy atom. The predicted molar refractivity (Wildman–Crippen MR) is 75.4 cm³/mol. The van der Waals surface area contributed by atoms with Crippen LogP contribution in [0.1, 0.15) is 37.7 Å². The molecular weight excluding hydrogens is 238 g/mol. The second-order valence-corrected chi connectivity index (χ2v) is 6.07. The smallest absolute Gasteiger partial charge is 0.303 e. The van der Waals surface area contributed by atoms with Gasteiger partial charge < -0.3 is 10.0 Å². The molecule has 19 heavy (non-hydrogen) atoms. The molecule has 0 spiro atoms. The molecule has 0 saturated carbocycles. The average molecular weight is 259 g/mol. The first kappa shape index (κ1) is 12.5. The topological polar surface area (TPSA) is 40.5 Å². The Hall–Kier alpha value is -1.51. The highest BCUT2D eigenvalue weighted by atomic mass is 16.4. The second kappa shape index (κ2) is 4.87. The van der Waals surface area contributed by atoms with Crippen LogP contribution in [0.15, 0.2) is 24.3 Å². The molecule has 2 aliphatic rings. The summed E-state index contributed by atoms with van der Waals surface area (Å²) in [6.07, 6.45) is 4.85. The first-order valence-corrected chi connectivity index (χ1v) is 7.20. The molecule has 0 amide bonds. The Bertz CT molecular complexity index is 471. The number of piperidine rings is 1. The summed E-state index contributed by atoms with van der Waals surface area (Å²) in [7, 11) is 0. The van der Waals surface area contributed by atoms with Crippen LogP contribution in [0, 0.1) is 12.8 Å². The predicted octanol–water partition coefficient (Wildman–Crippen LogP) is 3.22. The van der Waals surface area contributed by atoms with Crippen molar-refractivity contribution in [2.45, 2.75) is 51.1 Å². The van der Waals surface area contributed by atoms with E-state index in [1.807, 2.05) is 0 Å². The lowest BCUT2D eigenvalue weighted by molar-refractivity contribution is -0.138. The fraction of sp³-hybridized carbons (Fsp3) is 0.562. The quantitative estimate of drug-likeness (QED) is 0.906. The number of nitrogens with zero attached hydrogens (tertiary/aromatic N) is 1. The molecule has 0 radical (unpaired) electrons. The molecular formula is C16H21NO2. The van der Waals surface area contributed by atoms with Crippen molar-refractivity contribution >= 4 is 11.7 Å². The van der Waals surface area contributed by atoms with E-state index in [1.54, 1.807) is 0 Å². The van der Waals surface area contributed by atoms with Gasteiger partial charge in [-0.05, 0) is 56.2 Å². The monoisotopic (exact) mass is 259 g/mol. The fourth-order valence-corrected chi connectivity index (χ4v) is 3.91. The highest BCUT2D eigenvalue weighted by Gasteiger charge is 2.41. The molecule has 1 N–H and O–H groups in total. The lowest BCUT2D eigenvalue weighted by Gasteiger charge is -2.40. The number of hydrogen-bond donors (Lipinski definition) is 1. The number of benzene rings is 1. The molecule has 1 aromatic carbocycles. The van der Waals surface area contributed by atoms with Crippen LogP contribution < -0.4 is 4.90 Å². The molecule has 3 rings (SSSR count). The molecule has 3 nitrogen and oxygen atoms in total. The van der Waals surface area contributed by atoms with Gasteiger partial charge in [-0.2, -0.15) is 0 Å². The van der Waals surface area contributed by atoms with Gasteiger partial charge in [0.05, 0.1) is 0 Å².